The van der Waals surface area contributed by atoms with E-state index in [9.17, 15) is 4.57 Å². The minimum Gasteiger partial charge on any atom is -0.330 e. The Morgan fingerprint density at radius 1 is 1.82 bits per heavy atom. The van der Waals surface area contributed by atoms with Crippen LogP contribution in [0.3, 0.4) is 0 Å². The van der Waals surface area contributed by atoms with Crippen LogP contribution in [0.25, 0.3) is 0 Å². The first-order valence-corrected chi connectivity index (χ1v) is 6.69. The van der Waals surface area contributed by atoms with Crippen LogP contribution in [0.1, 0.15) is 6.92 Å². The van der Waals surface area contributed by atoms with Crippen molar-refractivity contribution in [3.05, 3.63) is 12.4 Å². The smallest absolute Gasteiger partial charge is 0.279 e. The lowest BCUT2D eigenvalue weighted by Gasteiger charge is -2.10. The van der Waals surface area contributed by atoms with Gasteiger partial charge in [-0.05, 0) is 6.92 Å². The van der Waals surface area contributed by atoms with Crippen molar-refractivity contribution in [1.29, 1.82) is 0 Å². The van der Waals surface area contributed by atoms with Crippen LogP contribution < -0.4 is 5.73 Å². The van der Waals surface area contributed by atoms with Crippen molar-refractivity contribution in [2.75, 3.05) is 18.9 Å². The van der Waals surface area contributed by atoms with E-state index in [1.807, 2.05) is 0 Å². The molecule has 3 nitrogen and oxygen atoms in total. The van der Waals surface area contributed by atoms with Crippen LogP contribution in [0.4, 0.5) is 0 Å². The van der Waals surface area contributed by atoms with Crippen molar-refractivity contribution < 1.29 is 9.09 Å². The van der Waals surface area contributed by atoms with Crippen LogP contribution in [-0.2, 0) is 9.09 Å². The molecule has 0 spiro atoms. The molecule has 0 aliphatic carbocycles. The molecule has 2 N–H and O–H groups in total. The topological polar surface area (TPSA) is 52.3 Å². The number of nitrogens with two attached hydrogens (primary N) is 1. The summed E-state index contributed by atoms with van der Waals surface area (Å²) in [5.74, 6) is 2.01. The molecule has 0 aliphatic heterocycles. The molecule has 66 valence electrons. The highest BCUT2D eigenvalue weighted by molar-refractivity contribution is 8.57. The molecular formula is C6H14NO2PS. The summed E-state index contributed by atoms with van der Waals surface area (Å²) < 4.78 is 16.5. The maximum atomic E-state index is 11.5. The Kier molecular flexibility index (Phi) is 5.96. The van der Waals surface area contributed by atoms with E-state index < -0.39 is 6.57 Å². The first-order valence-electron chi connectivity index (χ1n) is 3.41. The number of rotatable bonds is 6. The van der Waals surface area contributed by atoms with Gasteiger partial charge in [0.25, 0.3) is 6.57 Å². The van der Waals surface area contributed by atoms with Gasteiger partial charge in [-0.3, -0.25) is 4.57 Å². The van der Waals surface area contributed by atoms with Crippen molar-refractivity contribution in [3.8, 4) is 0 Å². The highest BCUT2D eigenvalue weighted by Crippen LogP contribution is 2.60. The fraction of sp³-hybridized carbons (Fsp3) is 0.667. The van der Waals surface area contributed by atoms with E-state index in [4.69, 9.17) is 10.3 Å². The Labute approximate surface area is 71.6 Å². The third-order valence-corrected chi connectivity index (χ3v) is 5.16. The van der Waals surface area contributed by atoms with E-state index in [1.165, 1.54) is 17.2 Å². The quantitative estimate of drug-likeness (QED) is 0.659. The van der Waals surface area contributed by atoms with Crippen LogP contribution in [0.15, 0.2) is 12.4 Å². The molecule has 0 aromatic rings. The zero-order chi connectivity index (χ0) is 8.74. The monoisotopic (exact) mass is 195 g/mol. The summed E-state index contributed by atoms with van der Waals surface area (Å²) in [6, 6.07) is 0. The molecule has 0 saturated heterocycles. The molecule has 0 fully saturated rings. The molecule has 1 unspecified atom stereocenters. The average molecular weight is 195 g/mol. The summed E-state index contributed by atoms with van der Waals surface area (Å²) in [6.45, 7) is 3.60. The van der Waals surface area contributed by atoms with Crippen LogP contribution in [0.5, 0.6) is 0 Å². The molecule has 0 radical (unpaired) electrons. The lowest BCUT2D eigenvalue weighted by molar-refractivity contribution is 0.352. The van der Waals surface area contributed by atoms with Gasteiger partial charge in [0.1, 0.15) is 0 Å². The van der Waals surface area contributed by atoms with Gasteiger partial charge in [-0.15, -0.1) is 0 Å². The molecule has 0 heterocycles. The van der Waals surface area contributed by atoms with E-state index in [2.05, 4.69) is 6.58 Å². The molecule has 0 amide bonds. The van der Waals surface area contributed by atoms with E-state index in [1.54, 1.807) is 6.92 Å². The van der Waals surface area contributed by atoms with Gasteiger partial charge in [-0.2, -0.15) is 0 Å². The second kappa shape index (κ2) is 5.84. The average Bonchev–Trinajstić information content (AvgIpc) is 2.02. The van der Waals surface area contributed by atoms with Crippen molar-refractivity contribution in [3.63, 3.8) is 0 Å². The zero-order valence-corrected chi connectivity index (χ0v) is 8.37. The summed E-state index contributed by atoms with van der Waals surface area (Å²) >= 11 is 1.24. The van der Waals surface area contributed by atoms with Gasteiger partial charge in [-0.25, -0.2) is 0 Å². The number of hydrogen-bond donors (Lipinski definition) is 1. The van der Waals surface area contributed by atoms with Crippen LogP contribution in [0.2, 0.25) is 0 Å². The van der Waals surface area contributed by atoms with Crippen molar-refractivity contribution in [1.82, 2.24) is 0 Å². The highest BCUT2D eigenvalue weighted by Gasteiger charge is 2.17. The SMILES string of the molecule is C=CP(=O)(OCC)SCCN. The van der Waals surface area contributed by atoms with Crippen molar-refractivity contribution in [2.24, 2.45) is 5.73 Å². The Morgan fingerprint density at radius 2 is 2.45 bits per heavy atom. The summed E-state index contributed by atoms with van der Waals surface area (Å²) in [5, 5.41) is 0. The summed E-state index contributed by atoms with van der Waals surface area (Å²) in [4.78, 5) is 0. The first kappa shape index (κ1) is 11.2. The molecule has 1 atom stereocenters. The highest BCUT2D eigenvalue weighted by atomic mass is 32.7. The Bertz CT molecular complexity index is 163. The fourth-order valence-electron chi connectivity index (χ4n) is 0.503. The first-order chi connectivity index (χ1) is 5.18. The maximum Gasteiger partial charge on any atom is 0.279 e. The van der Waals surface area contributed by atoms with Gasteiger partial charge in [0.2, 0.25) is 0 Å². The Balaban J connectivity index is 3.89. The molecule has 0 bridgehead atoms. The van der Waals surface area contributed by atoms with E-state index in [0.717, 1.165) is 0 Å². The predicted octanol–water partition coefficient (Wildman–Crippen LogP) is 2.05. The zero-order valence-electron chi connectivity index (χ0n) is 6.66. The Hall–Kier alpha value is 0.240. The van der Waals surface area contributed by atoms with Gasteiger partial charge < -0.3 is 10.3 Å². The van der Waals surface area contributed by atoms with Gasteiger partial charge in [0.05, 0.1) is 6.61 Å². The number of hydrogen-bond acceptors (Lipinski definition) is 4. The molecule has 0 rings (SSSR count). The van der Waals surface area contributed by atoms with E-state index in [0.29, 0.717) is 18.9 Å². The standard InChI is InChI=1S/C6H14NO2PS/c1-3-9-10(8,4-2)11-6-5-7/h4H,2-3,5-7H2,1H3. The van der Waals surface area contributed by atoms with Crippen LogP contribution in [0, 0.1) is 0 Å². The second-order valence-corrected chi connectivity index (χ2v) is 6.43. The van der Waals surface area contributed by atoms with Gasteiger partial charge in [-0.1, -0.05) is 18.0 Å². The van der Waals surface area contributed by atoms with Gasteiger partial charge in [0, 0.05) is 18.1 Å². The molecule has 11 heavy (non-hydrogen) atoms. The van der Waals surface area contributed by atoms with Crippen molar-refractivity contribution >= 4 is 18.0 Å². The molecule has 0 aromatic heterocycles. The third kappa shape index (κ3) is 4.64. The molecular weight excluding hydrogens is 181 g/mol. The lowest BCUT2D eigenvalue weighted by Crippen LogP contribution is -2.01. The third-order valence-electron chi connectivity index (χ3n) is 0.922. The summed E-state index contributed by atoms with van der Waals surface area (Å²) in [7, 11) is 0. The van der Waals surface area contributed by atoms with E-state index >= 15 is 0 Å². The van der Waals surface area contributed by atoms with Gasteiger partial charge in [0.15, 0.2) is 0 Å². The Morgan fingerprint density at radius 3 is 2.82 bits per heavy atom. The second-order valence-electron chi connectivity index (χ2n) is 1.76. The fourth-order valence-corrected chi connectivity index (χ4v) is 3.44. The molecule has 0 aliphatic rings. The normalized spacial score (nSPS) is 15.8. The minimum absolute atomic E-state index is 0.445. The van der Waals surface area contributed by atoms with Crippen LogP contribution >= 0.6 is 18.0 Å². The van der Waals surface area contributed by atoms with Gasteiger partial charge >= 0.3 is 0 Å². The molecule has 0 saturated carbocycles. The summed E-state index contributed by atoms with van der Waals surface area (Å²) in [6.07, 6.45) is 0. The largest absolute Gasteiger partial charge is 0.330 e. The molecule has 5 heteroatoms. The van der Waals surface area contributed by atoms with E-state index in [-0.39, 0.29) is 0 Å². The minimum atomic E-state index is -2.62. The van der Waals surface area contributed by atoms with Crippen LogP contribution in [-0.4, -0.2) is 18.9 Å². The lowest BCUT2D eigenvalue weighted by atomic mass is 10.8. The maximum absolute atomic E-state index is 11.5. The molecule has 0 aromatic carbocycles. The van der Waals surface area contributed by atoms with Crippen molar-refractivity contribution in [2.45, 2.75) is 6.92 Å². The summed E-state index contributed by atoms with van der Waals surface area (Å²) in [5.41, 5.74) is 5.25. The predicted molar refractivity (Wildman–Crippen MR) is 50.9 cm³/mol.